The van der Waals surface area contributed by atoms with Crippen molar-refractivity contribution in [3.63, 3.8) is 0 Å². The van der Waals surface area contributed by atoms with Gasteiger partial charge in [-0.15, -0.1) is 0 Å². The normalized spacial score (nSPS) is 13.6. The van der Waals surface area contributed by atoms with Gasteiger partial charge >= 0.3 is 12.2 Å². The van der Waals surface area contributed by atoms with Crippen molar-refractivity contribution in [2.75, 3.05) is 13.1 Å². The summed E-state index contributed by atoms with van der Waals surface area (Å²) in [6.45, 7) is 9.29. The van der Waals surface area contributed by atoms with Crippen LogP contribution < -0.4 is 9.47 Å². The van der Waals surface area contributed by atoms with Crippen LogP contribution in [0.1, 0.15) is 36.1 Å². The van der Waals surface area contributed by atoms with Gasteiger partial charge in [0.2, 0.25) is 0 Å². The second-order valence-electron chi connectivity index (χ2n) is 6.48. The summed E-state index contributed by atoms with van der Waals surface area (Å²) in [4.78, 5) is 14.6. The van der Waals surface area contributed by atoms with Gasteiger partial charge < -0.3 is 14.4 Å². The summed E-state index contributed by atoms with van der Waals surface area (Å²) in [7, 11) is 0. The summed E-state index contributed by atoms with van der Waals surface area (Å²) in [5, 5.41) is 0. The van der Waals surface area contributed by atoms with Gasteiger partial charge in [-0.05, 0) is 51.0 Å². The van der Waals surface area contributed by atoms with Crippen LogP contribution in [0.4, 0.5) is 0 Å². The second kappa shape index (κ2) is 7.18. The molecule has 0 bridgehead atoms. The molecule has 0 saturated heterocycles. The van der Waals surface area contributed by atoms with Gasteiger partial charge in [-0.25, -0.2) is 0 Å². The Morgan fingerprint density at radius 2 is 1.44 bits per heavy atom. The quantitative estimate of drug-likeness (QED) is 0.852. The van der Waals surface area contributed by atoms with E-state index in [1.54, 1.807) is 4.90 Å². The molecular weight excluding hydrogens is 314 g/mol. The first-order valence-corrected chi connectivity index (χ1v) is 8.83. The highest BCUT2D eigenvalue weighted by molar-refractivity contribution is 5.80. The van der Waals surface area contributed by atoms with Gasteiger partial charge in [-0.3, -0.25) is 4.79 Å². The molecule has 0 aromatic heterocycles. The third-order valence-corrected chi connectivity index (χ3v) is 4.56. The fourth-order valence-corrected chi connectivity index (χ4v) is 3.17. The zero-order chi connectivity index (χ0) is 18.0. The van der Waals surface area contributed by atoms with E-state index >= 15 is 0 Å². The van der Waals surface area contributed by atoms with E-state index in [0.717, 1.165) is 17.5 Å². The molecule has 0 N–H and O–H groups in total. The molecule has 1 aliphatic rings. The van der Waals surface area contributed by atoms with Gasteiger partial charge in [-0.2, -0.15) is 0 Å². The molecular formula is C21H25NO3. The van der Waals surface area contributed by atoms with Crippen LogP contribution in [0.15, 0.2) is 36.4 Å². The number of amides is 1. The molecule has 25 heavy (non-hydrogen) atoms. The van der Waals surface area contributed by atoms with Crippen LogP contribution in [-0.2, 0) is 11.2 Å². The number of ether oxygens (including phenoxy) is 2. The Labute approximate surface area is 149 Å². The Kier molecular flexibility index (Phi) is 4.98. The molecule has 3 rings (SSSR count). The van der Waals surface area contributed by atoms with Crippen LogP contribution in [0, 0.1) is 13.8 Å². The van der Waals surface area contributed by atoms with Crippen molar-refractivity contribution in [3.05, 3.63) is 58.7 Å². The minimum absolute atomic E-state index is 0.148. The van der Waals surface area contributed by atoms with E-state index in [2.05, 4.69) is 26.0 Å². The van der Waals surface area contributed by atoms with Crippen molar-refractivity contribution in [2.45, 2.75) is 40.4 Å². The highest BCUT2D eigenvalue weighted by Gasteiger charge is 2.30. The Bertz CT molecular complexity index is 727. The van der Waals surface area contributed by atoms with Crippen molar-refractivity contribution in [1.29, 1.82) is 0 Å². The molecule has 0 saturated carbocycles. The van der Waals surface area contributed by atoms with Crippen molar-refractivity contribution in [1.82, 2.24) is 4.90 Å². The van der Waals surface area contributed by atoms with Gasteiger partial charge in [0, 0.05) is 19.5 Å². The third-order valence-electron chi connectivity index (χ3n) is 4.56. The molecule has 1 aliphatic heterocycles. The maximum atomic E-state index is 12.9. The van der Waals surface area contributed by atoms with Crippen LogP contribution in [0.2, 0.25) is 0 Å². The lowest BCUT2D eigenvalue weighted by Gasteiger charge is -2.29. The second-order valence-corrected chi connectivity index (χ2v) is 6.48. The molecule has 0 spiro atoms. The number of likely N-dealkylation sites (N-methyl/N-ethyl adjacent to an activating group) is 1. The SMILES string of the molecule is CCN(CC)C(=O)C1Oc2ccc(C)cc2Cc2cc(C)ccc2O1. The summed E-state index contributed by atoms with van der Waals surface area (Å²) in [6, 6.07) is 12.1. The topological polar surface area (TPSA) is 38.8 Å². The minimum Gasteiger partial charge on any atom is -0.446 e. The predicted molar refractivity (Wildman–Crippen MR) is 98.1 cm³/mol. The molecule has 1 amide bonds. The van der Waals surface area contributed by atoms with Gasteiger partial charge in [0.15, 0.2) is 0 Å². The maximum Gasteiger partial charge on any atom is 0.321 e. The van der Waals surface area contributed by atoms with Crippen LogP contribution in [0.3, 0.4) is 0 Å². The monoisotopic (exact) mass is 339 g/mol. The van der Waals surface area contributed by atoms with Crippen molar-refractivity contribution >= 4 is 5.91 Å². The number of fused-ring (bicyclic) bond motifs is 2. The van der Waals surface area contributed by atoms with Crippen LogP contribution >= 0.6 is 0 Å². The molecule has 2 aromatic rings. The Hall–Kier alpha value is -2.49. The highest BCUT2D eigenvalue weighted by Crippen LogP contribution is 2.32. The number of benzene rings is 2. The summed E-state index contributed by atoms with van der Waals surface area (Å²) in [5.41, 5.74) is 4.49. The van der Waals surface area contributed by atoms with Crippen molar-refractivity contribution in [2.24, 2.45) is 0 Å². The number of rotatable bonds is 3. The molecule has 0 radical (unpaired) electrons. The van der Waals surface area contributed by atoms with Crippen LogP contribution in [0.25, 0.3) is 0 Å². The largest absolute Gasteiger partial charge is 0.446 e. The smallest absolute Gasteiger partial charge is 0.321 e. The Morgan fingerprint density at radius 3 is 1.88 bits per heavy atom. The fraction of sp³-hybridized carbons (Fsp3) is 0.381. The Morgan fingerprint density at radius 1 is 0.960 bits per heavy atom. The summed E-state index contributed by atoms with van der Waals surface area (Å²) >= 11 is 0. The number of hydrogen-bond donors (Lipinski definition) is 0. The Balaban J connectivity index is 2.06. The molecule has 2 aromatic carbocycles. The number of nitrogens with zero attached hydrogens (tertiary/aromatic N) is 1. The molecule has 4 nitrogen and oxygen atoms in total. The molecule has 1 heterocycles. The highest BCUT2D eigenvalue weighted by atomic mass is 16.7. The molecule has 0 fully saturated rings. The number of carbonyl (C=O) groups is 1. The first-order valence-electron chi connectivity index (χ1n) is 8.83. The van der Waals surface area contributed by atoms with Gasteiger partial charge in [0.05, 0.1) is 0 Å². The van der Waals surface area contributed by atoms with E-state index in [9.17, 15) is 4.79 Å². The summed E-state index contributed by atoms with van der Waals surface area (Å²) in [5.74, 6) is 1.27. The lowest BCUT2D eigenvalue weighted by Crippen LogP contribution is -2.45. The molecule has 132 valence electrons. The predicted octanol–water partition coefficient (Wildman–Crippen LogP) is 3.86. The first kappa shape index (κ1) is 17.3. The van der Waals surface area contributed by atoms with Gasteiger partial charge in [0.25, 0.3) is 0 Å². The van der Waals surface area contributed by atoms with E-state index in [1.807, 2.05) is 38.1 Å². The van der Waals surface area contributed by atoms with E-state index in [4.69, 9.17) is 9.47 Å². The average Bonchev–Trinajstić information content (AvgIpc) is 2.57. The third kappa shape index (κ3) is 3.63. The number of carbonyl (C=O) groups excluding carboxylic acids is 1. The minimum atomic E-state index is -0.969. The maximum absolute atomic E-state index is 12.9. The summed E-state index contributed by atoms with van der Waals surface area (Å²) < 4.78 is 12.0. The zero-order valence-electron chi connectivity index (χ0n) is 15.3. The lowest BCUT2D eigenvalue weighted by molar-refractivity contribution is -0.151. The molecule has 4 heteroatoms. The van der Waals surface area contributed by atoms with Crippen molar-refractivity contribution < 1.29 is 14.3 Å². The average molecular weight is 339 g/mol. The number of hydrogen-bond acceptors (Lipinski definition) is 3. The molecule has 0 aliphatic carbocycles. The fourth-order valence-electron chi connectivity index (χ4n) is 3.17. The van der Waals surface area contributed by atoms with E-state index in [0.29, 0.717) is 24.6 Å². The van der Waals surface area contributed by atoms with Crippen LogP contribution in [0.5, 0.6) is 11.5 Å². The van der Waals surface area contributed by atoms with E-state index < -0.39 is 6.29 Å². The lowest BCUT2D eigenvalue weighted by atomic mass is 9.99. The van der Waals surface area contributed by atoms with Crippen LogP contribution in [-0.4, -0.2) is 30.2 Å². The van der Waals surface area contributed by atoms with E-state index in [-0.39, 0.29) is 5.91 Å². The molecule has 0 unspecified atom stereocenters. The van der Waals surface area contributed by atoms with Crippen molar-refractivity contribution in [3.8, 4) is 11.5 Å². The molecule has 0 atom stereocenters. The first-order chi connectivity index (χ1) is 12.0. The van der Waals surface area contributed by atoms with Gasteiger partial charge in [-0.1, -0.05) is 35.4 Å². The number of aryl methyl sites for hydroxylation is 2. The van der Waals surface area contributed by atoms with E-state index in [1.165, 1.54) is 11.1 Å². The summed E-state index contributed by atoms with van der Waals surface area (Å²) in [6.07, 6.45) is -0.247. The standard InChI is InChI=1S/C21H25NO3/c1-5-22(6-2)20(23)21-24-18-9-7-14(3)11-16(18)13-17-12-15(4)8-10-19(17)25-21/h7-12,21H,5-6,13H2,1-4H3. The zero-order valence-corrected chi connectivity index (χ0v) is 15.3. The van der Waals surface area contributed by atoms with Gasteiger partial charge in [0.1, 0.15) is 11.5 Å².